The summed E-state index contributed by atoms with van der Waals surface area (Å²) in [6.45, 7) is 1.98. The van der Waals surface area contributed by atoms with Crippen LogP contribution in [-0.4, -0.2) is 41.2 Å². The van der Waals surface area contributed by atoms with Crippen LogP contribution in [0.2, 0.25) is 0 Å². The Balaban J connectivity index is 0.00000276. The molecule has 1 atom stereocenters. The first-order valence-corrected chi connectivity index (χ1v) is 13.7. The molecule has 0 radical (unpaired) electrons. The van der Waals surface area contributed by atoms with Gasteiger partial charge in [-0.3, -0.25) is 14.2 Å². The molecule has 0 unspecified atom stereocenters. The first-order chi connectivity index (χ1) is 20.7. The normalized spacial score (nSPS) is 13.3. The van der Waals surface area contributed by atoms with Gasteiger partial charge in [0.2, 0.25) is 5.91 Å². The number of anilines is 2. The molecule has 2 aromatic heterocycles. The number of hydrogen-bond acceptors (Lipinski definition) is 8. The number of carbonyl (C=O) groups is 1. The Morgan fingerprint density at radius 3 is 2.22 bits per heavy atom. The first kappa shape index (κ1) is 35.1. The molecule has 3 heterocycles. The lowest BCUT2D eigenvalue weighted by molar-refractivity contribution is -0.124. The van der Waals surface area contributed by atoms with Crippen molar-refractivity contribution >= 4 is 42.4 Å². The number of amides is 1. The third-order valence-corrected chi connectivity index (χ3v) is 7.67. The van der Waals surface area contributed by atoms with E-state index in [4.69, 9.17) is 15.2 Å². The summed E-state index contributed by atoms with van der Waals surface area (Å²) in [5, 5.41) is 5.88. The van der Waals surface area contributed by atoms with Crippen LogP contribution in [0, 0.1) is 18.6 Å². The minimum Gasteiger partial charge on any atom is -0.497 e. The molecule has 4 N–H and O–H groups in total. The highest BCUT2D eigenvalue weighted by Gasteiger charge is 2.31. The zero-order valence-electron chi connectivity index (χ0n) is 24.8. The Morgan fingerprint density at radius 1 is 1.04 bits per heavy atom. The monoisotopic (exact) mass is 662 g/mol. The predicted molar refractivity (Wildman–Crippen MR) is 172 cm³/mol. The van der Waals surface area contributed by atoms with Gasteiger partial charge in [-0.2, -0.15) is 0 Å². The highest BCUT2D eigenvalue weighted by molar-refractivity contribution is 5.85. The van der Waals surface area contributed by atoms with Gasteiger partial charge in [0.15, 0.2) is 5.82 Å². The summed E-state index contributed by atoms with van der Waals surface area (Å²) in [6.07, 6.45) is 2.48. The Bertz CT molecular complexity index is 1690. The summed E-state index contributed by atoms with van der Waals surface area (Å²) in [5.41, 5.74) is 7.76. The van der Waals surface area contributed by atoms with E-state index in [0.29, 0.717) is 41.5 Å². The molecule has 0 saturated carbocycles. The molecular formula is C31H34Cl2F2N6O4. The lowest BCUT2D eigenvalue weighted by atomic mass is 9.90. The van der Waals surface area contributed by atoms with E-state index in [-0.39, 0.29) is 60.8 Å². The SMILES string of the molecule is COc1ccc(C(CNc2ncc3n(c2=O)[C@H](C(=O)NCc2ccc(N)nc2C)CC3)c2ccc(OC)cc2F)c(F)c1.Cl.Cl. The lowest BCUT2D eigenvalue weighted by Crippen LogP contribution is -2.36. The van der Waals surface area contributed by atoms with Crippen LogP contribution in [0.4, 0.5) is 20.4 Å². The molecule has 45 heavy (non-hydrogen) atoms. The van der Waals surface area contributed by atoms with Crippen LogP contribution in [0.25, 0.3) is 0 Å². The summed E-state index contributed by atoms with van der Waals surface area (Å²) in [7, 11) is 2.85. The van der Waals surface area contributed by atoms with Crippen LogP contribution in [0.3, 0.4) is 0 Å². The van der Waals surface area contributed by atoms with Gasteiger partial charge in [-0.15, -0.1) is 24.8 Å². The van der Waals surface area contributed by atoms with E-state index in [1.807, 2.05) is 0 Å². The van der Waals surface area contributed by atoms with Gasteiger partial charge >= 0.3 is 0 Å². The lowest BCUT2D eigenvalue weighted by Gasteiger charge is -2.21. The van der Waals surface area contributed by atoms with Gasteiger partial charge in [-0.05, 0) is 54.7 Å². The Kier molecular flexibility index (Phi) is 11.7. The number of hydrogen-bond donors (Lipinski definition) is 3. The highest BCUT2D eigenvalue weighted by atomic mass is 35.5. The molecule has 1 amide bonds. The van der Waals surface area contributed by atoms with Crippen molar-refractivity contribution in [3.63, 3.8) is 0 Å². The second-order valence-corrected chi connectivity index (χ2v) is 10.2. The minimum absolute atomic E-state index is 0. The van der Waals surface area contributed by atoms with E-state index in [2.05, 4.69) is 20.6 Å². The summed E-state index contributed by atoms with van der Waals surface area (Å²) >= 11 is 0. The number of nitrogens with one attached hydrogen (secondary N) is 2. The fourth-order valence-corrected chi connectivity index (χ4v) is 5.33. The van der Waals surface area contributed by atoms with Gasteiger partial charge in [0.25, 0.3) is 5.56 Å². The molecule has 4 aromatic rings. The number of nitrogens with two attached hydrogens (primary N) is 1. The van der Waals surface area contributed by atoms with E-state index in [1.165, 1.54) is 43.1 Å². The number of rotatable bonds is 10. The minimum atomic E-state index is -0.841. The van der Waals surface area contributed by atoms with Crippen molar-refractivity contribution in [1.82, 2.24) is 19.9 Å². The Labute approximate surface area is 271 Å². The fourth-order valence-electron chi connectivity index (χ4n) is 5.33. The summed E-state index contributed by atoms with van der Waals surface area (Å²) < 4.78 is 42.1. The van der Waals surface area contributed by atoms with Crippen LogP contribution >= 0.6 is 24.8 Å². The third kappa shape index (κ3) is 7.46. The maximum atomic E-state index is 15.2. The van der Waals surface area contributed by atoms with Crippen molar-refractivity contribution in [3.05, 3.63) is 105 Å². The van der Waals surface area contributed by atoms with Gasteiger partial charge in [-0.25, -0.2) is 18.7 Å². The van der Waals surface area contributed by atoms with Gasteiger partial charge in [-0.1, -0.05) is 18.2 Å². The number of methoxy groups -OCH3 is 2. The number of carbonyl (C=O) groups excluding carboxylic acids is 1. The standard InChI is InChI=1S/C31H32F2N6O4.2ClH/c1-17-18(4-11-28(34)38-17)14-37-30(40)27-10-5-19-15-35-29(31(41)39(19)27)36-16-24(22-8-6-20(42-2)12-25(22)32)23-9-7-21(43-3)13-26(23)33;;/h4,6-9,11-13,15,24,27H,5,10,14,16H2,1-3H3,(H2,34,38)(H,35,36)(H,37,40);2*1H/t27-;;/m0../s1. The molecule has 0 aliphatic carbocycles. The first-order valence-electron chi connectivity index (χ1n) is 13.7. The number of pyridine rings is 1. The molecule has 0 spiro atoms. The number of benzene rings is 2. The summed E-state index contributed by atoms with van der Waals surface area (Å²) in [5.74, 6) is -1.35. The van der Waals surface area contributed by atoms with Crippen molar-refractivity contribution in [1.29, 1.82) is 0 Å². The van der Waals surface area contributed by atoms with Crippen molar-refractivity contribution < 1.29 is 23.0 Å². The van der Waals surface area contributed by atoms with Crippen LogP contribution in [0.5, 0.6) is 11.5 Å². The molecule has 0 bridgehead atoms. The second kappa shape index (κ2) is 15.0. The maximum Gasteiger partial charge on any atom is 0.294 e. The molecule has 10 nitrogen and oxygen atoms in total. The largest absolute Gasteiger partial charge is 0.497 e. The number of aromatic nitrogens is 3. The molecule has 14 heteroatoms. The molecular weight excluding hydrogens is 629 g/mol. The molecule has 0 fully saturated rings. The van der Waals surface area contributed by atoms with Crippen LogP contribution in [0.1, 0.15) is 46.5 Å². The second-order valence-electron chi connectivity index (χ2n) is 10.2. The Morgan fingerprint density at radius 2 is 1.67 bits per heavy atom. The fraction of sp³-hybridized carbons (Fsp3) is 0.290. The van der Waals surface area contributed by atoms with Crippen molar-refractivity contribution in [2.45, 2.75) is 38.3 Å². The highest BCUT2D eigenvalue weighted by Crippen LogP contribution is 2.32. The number of aryl methyl sites for hydroxylation is 2. The van der Waals surface area contributed by atoms with Crippen LogP contribution in [0.15, 0.2) is 59.5 Å². The van der Waals surface area contributed by atoms with E-state index >= 15 is 8.78 Å². The zero-order chi connectivity index (χ0) is 30.7. The predicted octanol–water partition coefficient (Wildman–Crippen LogP) is 4.72. The van der Waals surface area contributed by atoms with Gasteiger partial charge in [0.05, 0.1) is 14.2 Å². The van der Waals surface area contributed by atoms with Gasteiger partial charge < -0.3 is 25.8 Å². The van der Waals surface area contributed by atoms with Gasteiger partial charge in [0.1, 0.15) is 35.0 Å². The van der Waals surface area contributed by atoms with Crippen molar-refractivity contribution in [2.24, 2.45) is 0 Å². The molecule has 240 valence electrons. The molecule has 1 aliphatic rings. The topological polar surface area (TPSA) is 133 Å². The average Bonchev–Trinajstić information content (AvgIpc) is 3.44. The van der Waals surface area contributed by atoms with Crippen molar-refractivity contribution in [3.8, 4) is 11.5 Å². The van der Waals surface area contributed by atoms with Crippen molar-refractivity contribution in [2.75, 3.05) is 31.8 Å². The zero-order valence-corrected chi connectivity index (χ0v) is 26.4. The summed E-state index contributed by atoms with van der Waals surface area (Å²) in [4.78, 5) is 35.3. The van der Waals surface area contributed by atoms with Gasteiger partial charge in [0, 0.05) is 48.7 Å². The van der Waals surface area contributed by atoms with E-state index in [0.717, 1.165) is 5.56 Å². The summed E-state index contributed by atoms with van der Waals surface area (Å²) in [6, 6.07) is 11.4. The van der Waals surface area contributed by atoms with E-state index < -0.39 is 29.2 Å². The van der Waals surface area contributed by atoms with Crippen LogP contribution < -0.4 is 31.4 Å². The molecule has 5 rings (SSSR count). The number of ether oxygens (including phenoxy) is 2. The molecule has 2 aromatic carbocycles. The van der Waals surface area contributed by atoms with E-state index in [1.54, 1.807) is 37.4 Å². The number of halogens is 4. The smallest absolute Gasteiger partial charge is 0.294 e. The third-order valence-electron chi connectivity index (χ3n) is 7.67. The number of nitrogen functional groups attached to an aromatic ring is 1. The van der Waals surface area contributed by atoms with E-state index in [9.17, 15) is 9.59 Å². The average molecular weight is 664 g/mol. The Hall–Kier alpha value is -4.42. The molecule has 0 saturated heterocycles. The molecule has 1 aliphatic heterocycles. The van der Waals surface area contributed by atoms with Crippen LogP contribution in [-0.2, 0) is 17.8 Å². The number of fused-ring (bicyclic) bond motifs is 1. The number of nitrogens with zero attached hydrogens (tertiary/aromatic N) is 3. The quantitative estimate of drug-likeness (QED) is 0.222. The maximum absolute atomic E-state index is 15.2.